The minimum Gasteiger partial charge on any atom is -0.342 e. The van der Waals surface area contributed by atoms with Gasteiger partial charge >= 0.3 is 0 Å². The maximum Gasteiger partial charge on any atom is 0.215 e. The molecule has 1 aliphatic rings. The van der Waals surface area contributed by atoms with Gasteiger partial charge in [0.1, 0.15) is 12.1 Å². The summed E-state index contributed by atoms with van der Waals surface area (Å²) < 4.78 is 14.0. The Morgan fingerprint density at radius 1 is 0.880 bits per heavy atom. The number of ether oxygens (including phenoxy) is 2. The first-order chi connectivity index (χ1) is 12.3. The number of aromatic nitrogens is 3. The summed E-state index contributed by atoms with van der Waals surface area (Å²) >= 11 is 0. The van der Waals surface area contributed by atoms with Gasteiger partial charge < -0.3 is 9.47 Å². The van der Waals surface area contributed by atoms with Gasteiger partial charge in [0.25, 0.3) is 0 Å². The summed E-state index contributed by atoms with van der Waals surface area (Å²) in [6.07, 6.45) is 0. The fraction of sp³-hybridized carbons (Fsp3) is 0.200. The zero-order valence-electron chi connectivity index (χ0n) is 13.6. The monoisotopic (exact) mass is 331 g/mol. The van der Waals surface area contributed by atoms with Crippen LogP contribution < -0.4 is 0 Å². The number of benzene rings is 3. The second kappa shape index (κ2) is 5.65. The number of rotatable bonds is 3. The molecular weight excluding hydrogens is 314 g/mol. The molecule has 1 saturated heterocycles. The third-order valence-electron chi connectivity index (χ3n) is 4.72. The topological polar surface area (TPSA) is 49.2 Å². The van der Waals surface area contributed by atoms with E-state index in [1.807, 2.05) is 41.1 Å². The SMILES string of the molecule is c1ccc2cc(C3(Cn4nnc5ccccc54)OCCO3)ccc2c1. The van der Waals surface area contributed by atoms with Gasteiger partial charge in [0, 0.05) is 5.56 Å². The van der Waals surface area contributed by atoms with E-state index < -0.39 is 5.79 Å². The first-order valence-electron chi connectivity index (χ1n) is 8.40. The van der Waals surface area contributed by atoms with Crippen LogP contribution >= 0.6 is 0 Å². The van der Waals surface area contributed by atoms with E-state index in [4.69, 9.17) is 9.47 Å². The van der Waals surface area contributed by atoms with E-state index in [-0.39, 0.29) is 0 Å². The first-order valence-corrected chi connectivity index (χ1v) is 8.40. The molecule has 0 radical (unpaired) electrons. The lowest BCUT2D eigenvalue weighted by Crippen LogP contribution is -2.33. The van der Waals surface area contributed by atoms with Crippen molar-refractivity contribution in [2.24, 2.45) is 0 Å². The summed E-state index contributed by atoms with van der Waals surface area (Å²) in [5, 5.41) is 10.9. The van der Waals surface area contributed by atoms with Gasteiger partial charge in [-0.3, -0.25) is 0 Å². The van der Waals surface area contributed by atoms with Gasteiger partial charge in [0.15, 0.2) is 0 Å². The number of nitrogens with zero attached hydrogens (tertiary/aromatic N) is 3. The largest absolute Gasteiger partial charge is 0.342 e. The molecule has 1 aliphatic heterocycles. The van der Waals surface area contributed by atoms with Crippen LogP contribution in [0.1, 0.15) is 5.56 Å². The van der Waals surface area contributed by atoms with Crippen LogP contribution in [-0.4, -0.2) is 28.2 Å². The van der Waals surface area contributed by atoms with Gasteiger partial charge in [0.05, 0.1) is 18.7 Å². The van der Waals surface area contributed by atoms with Gasteiger partial charge in [-0.25, -0.2) is 4.68 Å². The Bertz CT molecular complexity index is 1050. The summed E-state index contributed by atoms with van der Waals surface area (Å²) in [6, 6.07) is 22.5. The Labute approximate surface area is 144 Å². The third kappa shape index (κ3) is 2.40. The second-order valence-corrected chi connectivity index (χ2v) is 6.25. The fourth-order valence-corrected chi connectivity index (χ4v) is 3.46. The average molecular weight is 331 g/mol. The zero-order chi connectivity index (χ0) is 16.7. The Morgan fingerprint density at radius 3 is 2.52 bits per heavy atom. The molecular formula is C20H17N3O2. The van der Waals surface area contributed by atoms with E-state index in [2.05, 4.69) is 40.6 Å². The molecule has 5 heteroatoms. The van der Waals surface area contributed by atoms with Gasteiger partial charge in [-0.05, 0) is 29.0 Å². The molecule has 0 amide bonds. The molecule has 25 heavy (non-hydrogen) atoms. The van der Waals surface area contributed by atoms with Crippen LogP contribution in [0.2, 0.25) is 0 Å². The van der Waals surface area contributed by atoms with Gasteiger partial charge in [-0.15, -0.1) is 5.10 Å². The molecule has 3 aromatic carbocycles. The Hall–Kier alpha value is -2.76. The van der Waals surface area contributed by atoms with Crippen LogP contribution in [0.25, 0.3) is 21.8 Å². The highest BCUT2D eigenvalue weighted by Crippen LogP contribution is 2.35. The summed E-state index contributed by atoms with van der Waals surface area (Å²) in [5.41, 5.74) is 2.85. The predicted molar refractivity (Wildman–Crippen MR) is 95.1 cm³/mol. The van der Waals surface area contributed by atoms with Crippen molar-refractivity contribution >= 4 is 21.8 Å². The summed E-state index contributed by atoms with van der Waals surface area (Å²) in [5.74, 6) is -0.833. The van der Waals surface area contributed by atoms with Crippen molar-refractivity contribution in [2.45, 2.75) is 12.3 Å². The van der Waals surface area contributed by atoms with Crippen LogP contribution in [0.5, 0.6) is 0 Å². The van der Waals surface area contributed by atoms with Crippen molar-refractivity contribution in [2.75, 3.05) is 13.2 Å². The van der Waals surface area contributed by atoms with Crippen LogP contribution in [-0.2, 0) is 21.8 Å². The van der Waals surface area contributed by atoms with Crippen LogP contribution in [0.15, 0.2) is 66.7 Å². The minimum absolute atomic E-state index is 0.464. The number of hydrogen-bond donors (Lipinski definition) is 0. The van der Waals surface area contributed by atoms with E-state index in [0.29, 0.717) is 19.8 Å². The quantitative estimate of drug-likeness (QED) is 0.577. The van der Waals surface area contributed by atoms with E-state index in [1.165, 1.54) is 10.8 Å². The lowest BCUT2D eigenvalue weighted by molar-refractivity contribution is -0.177. The molecule has 5 rings (SSSR count). The highest BCUT2D eigenvalue weighted by atomic mass is 16.7. The number of fused-ring (bicyclic) bond motifs is 2. The maximum atomic E-state index is 6.09. The van der Waals surface area contributed by atoms with Crippen LogP contribution in [0.4, 0.5) is 0 Å². The van der Waals surface area contributed by atoms with Gasteiger partial charge in [-0.2, -0.15) is 0 Å². The van der Waals surface area contributed by atoms with Crippen LogP contribution in [0.3, 0.4) is 0 Å². The molecule has 0 aliphatic carbocycles. The zero-order valence-corrected chi connectivity index (χ0v) is 13.6. The first kappa shape index (κ1) is 14.6. The van der Waals surface area contributed by atoms with Crippen molar-refractivity contribution < 1.29 is 9.47 Å². The van der Waals surface area contributed by atoms with Crippen molar-refractivity contribution in [3.63, 3.8) is 0 Å². The summed E-state index contributed by atoms with van der Waals surface area (Å²) in [4.78, 5) is 0. The smallest absolute Gasteiger partial charge is 0.215 e. The van der Waals surface area contributed by atoms with Crippen LogP contribution in [0, 0.1) is 0 Å². The predicted octanol–water partition coefficient (Wildman–Crippen LogP) is 3.48. The number of para-hydroxylation sites is 1. The molecule has 4 aromatic rings. The minimum atomic E-state index is -0.833. The van der Waals surface area contributed by atoms with Crippen molar-refractivity contribution in [1.29, 1.82) is 0 Å². The Balaban J connectivity index is 1.60. The molecule has 1 aromatic heterocycles. The summed E-state index contributed by atoms with van der Waals surface area (Å²) in [7, 11) is 0. The molecule has 0 bridgehead atoms. The highest BCUT2D eigenvalue weighted by Gasteiger charge is 2.40. The molecule has 0 unspecified atom stereocenters. The standard InChI is InChI=1S/C20H17N3O2/c1-2-6-16-13-17(10-9-15(16)5-1)20(24-11-12-25-20)14-23-19-8-4-3-7-18(19)21-22-23/h1-10,13H,11-12,14H2. The second-order valence-electron chi connectivity index (χ2n) is 6.25. The maximum absolute atomic E-state index is 6.09. The Morgan fingerprint density at radius 2 is 1.64 bits per heavy atom. The van der Waals surface area contributed by atoms with E-state index in [9.17, 15) is 0 Å². The molecule has 1 fully saturated rings. The van der Waals surface area contributed by atoms with E-state index in [0.717, 1.165) is 16.6 Å². The molecule has 0 spiro atoms. The molecule has 2 heterocycles. The lowest BCUT2D eigenvalue weighted by Gasteiger charge is -2.28. The Kier molecular flexibility index (Phi) is 3.29. The number of hydrogen-bond acceptors (Lipinski definition) is 4. The van der Waals surface area contributed by atoms with Crippen molar-refractivity contribution in [3.8, 4) is 0 Å². The third-order valence-corrected chi connectivity index (χ3v) is 4.72. The molecule has 0 N–H and O–H groups in total. The molecule has 0 atom stereocenters. The average Bonchev–Trinajstić information content (AvgIpc) is 3.30. The molecule has 124 valence electrons. The normalized spacial score (nSPS) is 16.6. The molecule has 5 nitrogen and oxygen atoms in total. The van der Waals surface area contributed by atoms with Gasteiger partial charge in [0.2, 0.25) is 5.79 Å². The lowest BCUT2D eigenvalue weighted by atomic mass is 10.0. The van der Waals surface area contributed by atoms with Crippen molar-refractivity contribution in [3.05, 3.63) is 72.3 Å². The van der Waals surface area contributed by atoms with Crippen molar-refractivity contribution in [1.82, 2.24) is 15.0 Å². The van der Waals surface area contributed by atoms with Gasteiger partial charge in [-0.1, -0.05) is 53.7 Å². The fourth-order valence-electron chi connectivity index (χ4n) is 3.46. The summed E-state index contributed by atoms with van der Waals surface area (Å²) in [6.45, 7) is 1.60. The highest BCUT2D eigenvalue weighted by molar-refractivity contribution is 5.83. The van der Waals surface area contributed by atoms with E-state index >= 15 is 0 Å². The molecule has 0 saturated carbocycles. The van der Waals surface area contributed by atoms with E-state index in [1.54, 1.807) is 0 Å².